The van der Waals surface area contributed by atoms with E-state index in [1.165, 1.54) is 25.2 Å². The van der Waals surface area contributed by atoms with Gasteiger partial charge in [0.25, 0.3) is 10.0 Å². The lowest BCUT2D eigenvalue weighted by molar-refractivity contribution is 0.600. The zero-order chi connectivity index (χ0) is 14.9. The number of aromatic amines is 1. The van der Waals surface area contributed by atoms with E-state index >= 15 is 0 Å². The van der Waals surface area contributed by atoms with Crippen LogP contribution in [0.5, 0.6) is 0 Å². The van der Waals surface area contributed by atoms with E-state index in [9.17, 15) is 8.42 Å². The van der Waals surface area contributed by atoms with E-state index in [2.05, 4.69) is 36.2 Å². The smallest absolute Gasteiger partial charge is 0.263 e. The number of rotatable bonds is 6. The van der Waals surface area contributed by atoms with Crippen LogP contribution in [0, 0.1) is 0 Å². The average Bonchev–Trinajstić information content (AvgIpc) is 3.14. The molecule has 1 heterocycles. The van der Waals surface area contributed by atoms with Gasteiger partial charge in [-0.2, -0.15) is 5.10 Å². The van der Waals surface area contributed by atoms with Crippen LogP contribution in [0.4, 0.5) is 5.69 Å². The molecule has 112 valence electrons. The molecule has 0 unspecified atom stereocenters. The molecule has 0 bridgehead atoms. The molecule has 6 nitrogen and oxygen atoms in total. The van der Waals surface area contributed by atoms with Crippen molar-refractivity contribution in [3.63, 3.8) is 0 Å². The van der Waals surface area contributed by atoms with Crippen LogP contribution in [-0.2, 0) is 16.6 Å². The summed E-state index contributed by atoms with van der Waals surface area (Å²) in [6.45, 7) is 0.673. The van der Waals surface area contributed by atoms with Crippen molar-refractivity contribution >= 4 is 31.6 Å². The first-order chi connectivity index (χ1) is 10.0. The van der Waals surface area contributed by atoms with E-state index < -0.39 is 10.0 Å². The van der Waals surface area contributed by atoms with E-state index in [0.29, 0.717) is 22.7 Å². The van der Waals surface area contributed by atoms with Crippen molar-refractivity contribution in [2.24, 2.45) is 0 Å². The van der Waals surface area contributed by atoms with Crippen LogP contribution in [0.15, 0.2) is 40.0 Å². The zero-order valence-corrected chi connectivity index (χ0v) is 13.5. The number of benzene rings is 1. The van der Waals surface area contributed by atoms with E-state index in [1.54, 1.807) is 12.1 Å². The zero-order valence-electron chi connectivity index (χ0n) is 11.1. The summed E-state index contributed by atoms with van der Waals surface area (Å²) in [5, 5.41) is 9.66. The third-order valence-electron chi connectivity index (χ3n) is 3.21. The minimum Gasteiger partial charge on any atom is -0.310 e. The molecular formula is C13H15BrN4O2S. The number of H-pyrrole nitrogens is 1. The third-order valence-corrected chi connectivity index (χ3v) is 5.58. The Balaban J connectivity index is 1.83. The number of nitrogens with zero attached hydrogens (tertiary/aromatic N) is 1. The molecule has 21 heavy (non-hydrogen) atoms. The van der Waals surface area contributed by atoms with Gasteiger partial charge in [-0.1, -0.05) is 6.07 Å². The van der Waals surface area contributed by atoms with Crippen LogP contribution in [0.2, 0.25) is 0 Å². The summed E-state index contributed by atoms with van der Waals surface area (Å²) in [5.41, 5.74) is 1.35. The van der Waals surface area contributed by atoms with E-state index in [1.807, 2.05) is 6.07 Å². The predicted octanol–water partition coefficient (Wildman–Crippen LogP) is 2.22. The monoisotopic (exact) mass is 370 g/mol. The molecule has 8 heteroatoms. The maximum Gasteiger partial charge on any atom is 0.263 e. The maximum absolute atomic E-state index is 12.4. The van der Waals surface area contributed by atoms with Gasteiger partial charge in [0.2, 0.25) is 0 Å². The molecule has 1 aliphatic rings. The second-order valence-electron chi connectivity index (χ2n) is 5.01. The van der Waals surface area contributed by atoms with Crippen molar-refractivity contribution in [3.8, 4) is 0 Å². The van der Waals surface area contributed by atoms with E-state index in [4.69, 9.17) is 0 Å². The van der Waals surface area contributed by atoms with Crippen LogP contribution in [0.3, 0.4) is 0 Å². The van der Waals surface area contributed by atoms with Crippen LogP contribution >= 0.6 is 15.9 Å². The Morgan fingerprint density at radius 3 is 2.86 bits per heavy atom. The molecule has 1 aromatic heterocycles. The molecule has 3 rings (SSSR count). The van der Waals surface area contributed by atoms with E-state index in [0.717, 1.165) is 5.56 Å². The molecule has 1 fully saturated rings. The second kappa shape index (κ2) is 5.78. The molecule has 0 amide bonds. The fourth-order valence-electron chi connectivity index (χ4n) is 1.93. The standard InChI is InChI=1S/C13H15BrN4O2S/c14-12-4-1-9(6-15-10-2-3-10)5-13(12)21(19,20)18-11-7-16-17-8-11/h1,4-5,7-8,10,15,18H,2-3,6H2,(H,16,17). The fourth-order valence-corrected chi connectivity index (χ4v) is 3.98. The van der Waals surface area contributed by atoms with Gasteiger partial charge in [0.15, 0.2) is 0 Å². The van der Waals surface area contributed by atoms with Crippen LogP contribution in [-0.4, -0.2) is 24.7 Å². The van der Waals surface area contributed by atoms with Gasteiger partial charge in [-0.25, -0.2) is 8.42 Å². The van der Waals surface area contributed by atoms with Gasteiger partial charge in [0, 0.05) is 23.3 Å². The summed E-state index contributed by atoms with van der Waals surface area (Å²) in [4.78, 5) is 0.221. The number of anilines is 1. The highest BCUT2D eigenvalue weighted by atomic mass is 79.9. The normalized spacial score (nSPS) is 15.1. The lowest BCUT2D eigenvalue weighted by Gasteiger charge is -2.10. The summed E-state index contributed by atoms with van der Waals surface area (Å²) in [6.07, 6.45) is 5.31. The molecular weight excluding hydrogens is 356 g/mol. The molecule has 0 spiro atoms. The highest BCUT2D eigenvalue weighted by Crippen LogP contribution is 2.26. The van der Waals surface area contributed by atoms with Crippen molar-refractivity contribution in [3.05, 3.63) is 40.6 Å². The predicted molar refractivity (Wildman–Crippen MR) is 83.4 cm³/mol. The molecule has 0 saturated heterocycles. The Morgan fingerprint density at radius 2 is 2.19 bits per heavy atom. The molecule has 1 aromatic carbocycles. The fraction of sp³-hybridized carbons (Fsp3) is 0.308. The van der Waals surface area contributed by atoms with Crippen LogP contribution in [0.1, 0.15) is 18.4 Å². The summed E-state index contributed by atoms with van der Waals surface area (Å²) >= 11 is 3.30. The Morgan fingerprint density at radius 1 is 1.38 bits per heavy atom. The second-order valence-corrected chi connectivity index (χ2v) is 7.52. The Labute approximate surface area is 131 Å². The molecule has 0 atom stereocenters. The van der Waals surface area contributed by atoms with Gasteiger partial charge < -0.3 is 5.32 Å². The van der Waals surface area contributed by atoms with Gasteiger partial charge in [0.05, 0.1) is 11.9 Å². The number of nitrogens with one attached hydrogen (secondary N) is 3. The summed E-state index contributed by atoms with van der Waals surface area (Å²) < 4.78 is 27.9. The topological polar surface area (TPSA) is 86.9 Å². The first-order valence-electron chi connectivity index (χ1n) is 6.58. The molecule has 1 saturated carbocycles. The van der Waals surface area contributed by atoms with E-state index in [-0.39, 0.29) is 4.90 Å². The van der Waals surface area contributed by atoms with Crippen molar-refractivity contribution in [1.29, 1.82) is 0 Å². The lowest BCUT2D eigenvalue weighted by atomic mass is 10.2. The summed E-state index contributed by atoms with van der Waals surface area (Å²) in [5.74, 6) is 0. The van der Waals surface area contributed by atoms with Crippen molar-refractivity contribution in [2.45, 2.75) is 30.3 Å². The van der Waals surface area contributed by atoms with Crippen molar-refractivity contribution < 1.29 is 8.42 Å². The molecule has 3 N–H and O–H groups in total. The number of sulfonamides is 1. The number of hydrogen-bond donors (Lipinski definition) is 3. The van der Waals surface area contributed by atoms with Gasteiger partial charge in [0.1, 0.15) is 4.90 Å². The number of halogens is 1. The molecule has 0 radical (unpaired) electrons. The molecule has 0 aliphatic heterocycles. The maximum atomic E-state index is 12.4. The minimum atomic E-state index is -3.64. The lowest BCUT2D eigenvalue weighted by Crippen LogP contribution is -2.17. The van der Waals surface area contributed by atoms with Gasteiger partial charge in [-0.3, -0.25) is 9.82 Å². The first-order valence-corrected chi connectivity index (χ1v) is 8.85. The number of aromatic nitrogens is 2. The van der Waals surface area contributed by atoms with Gasteiger partial charge in [-0.15, -0.1) is 0 Å². The van der Waals surface area contributed by atoms with Gasteiger partial charge in [-0.05, 0) is 46.5 Å². The Bertz CT molecular complexity index is 727. The Hall–Kier alpha value is -1.38. The molecule has 2 aromatic rings. The minimum absolute atomic E-state index is 0.221. The van der Waals surface area contributed by atoms with Gasteiger partial charge >= 0.3 is 0 Å². The summed E-state index contributed by atoms with van der Waals surface area (Å²) in [6, 6.07) is 5.93. The quantitative estimate of drug-likeness (QED) is 0.727. The highest BCUT2D eigenvalue weighted by molar-refractivity contribution is 9.10. The SMILES string of the molecule is O=S(=O)(Nc1cn[nH]c1)c1cc(CNC2CC2)ccc1Br. The van der Waals surface area contributed by atoms with Crippen molar-refractivity contribution in [2.75, 3.05) is 4.72 Å². The summed E-state index contributed by atoms with van der Waals surface area (Å²) in [7, 11) is -3.64. The number of hydrogen-bond acceptors (Lipinski definition) is 4. The Kier molecular flexibility index (Phi) is 4.01. The van der Waals surface area contributed by atoms with Crippen LogP contribution in [0.25, 0.3) is 0 Å². The third kappa shape index (κ3) is 3.63. The average molecular weight is 371 g/mol. The largest absolute Gasteiger partial charge is 0.310 e. The highest BCUT2D eigenvalue weighted by Gasteiger charge is 2.22. The first kappa shape index (κ1) is 14.6. The van der Waals surface area contributed by atoms with Crippen molar-refractivity contribution in [1.82, 2.24) is 15.5 Å². The van der Waals surface area contributed by atoms with Crippen LogP contribution < -0.4 is 10.0 Å². The molecule has 1 aliphatic carbocycles.